The highest BCUT2D eigenvalue weighted by Gasteiger charge is 2.28. The first-order chi connectivity index (χ1) is 14.2. The molecule has 1 amide bonds. The molecule has 0 radical (unpaired) electrons. The van der Waals surface area contributed by atoms with Crippen LogP contribution in [0.15, 0.2) is 47.4 Å². The van der Waals surface area contributed by atoms with Gasteiger partial charge < -0.3 is 10.4 Å². The van der Waals surface area contributed by atoms with Gasteiger partial charge in [0.1, 0.15) is 0 Å². The summed E-state index contributed by atoms with van der Waals surface area (Å²) in [4.78, 5) is 24.1. The van der Waals surface area contributed by atoms with Crippen molar-refractivity contribution in [2.45, 2.75) is 24.7 Å². The van der Waals surface area contributed by atoms with Crippen molar-refractivity contribution in [1.29, 1.82) is 5.26 Å². The number of carbonyl (C=O) groups excluding carboxylic acids is 1. The minimum atomic E-state index is -3.72. The van der Waals surface area contributed by atoms with Gasteiger partial charge in [-0.1, -0.05) is 13.0 Å². The Hall–Kier alpha value is -3.22. The third-order valence-corrected chi connectivity index (χ3v) is 7.00. The predicted molar refractivity (Wildman–Crippen MR) is 110 cm³/mol. The summed E-state index contributed by atoms with van der Waals surface area (Å²) in [5, 5.41) is 20.8. The molecule has 1 aliphatic rings. The minimum Gasteiger partial charge on any atom is -0.478 e. The molecule has 2 aromatic rings. The number of aromatic carboxylic acids is 1. The average molecular weight is 427 g/mol. The molecule has 1 aliphatic heterocycles. The van der Waals surface area contributed by atoms with Crippen LogP contribution < -0.4 is 5.32 Å². The normalized spacial score (nSPS) is 15.3. The Morgan fingerprint density at radius 2 is 1.87 bits per heavy atom. The highest BCUT2D eigenvalue weighted by atomic mass is 32.2. The molecule has 8 nitrogen and oxygen atoms in total. The number of benzene rings is 2. The molecule has 0 bridgehead atoms. The van der Waals surface area contributed by atoms with Gasteiger partial charge >= 0.3 is 5.97 Å². The van der Waals surface area contributed by atoms with Crippen LogP contribution in [0.25, 0.3) is 0 Å². The van der Waals surface area contributed by atoms with Gasteiger partial charge in [-0.3, -0.25) is 4.79 Å². The maximum Gasteiger partial charge on any atom is 0.337 e. The van der Waals surface area contributed by atoms with Crippen LogP contribution in [0.5, 0.6) is 0 Å². The van der Waals surface area contributed by atoms with E-state index in [0.29, 0.717) is 19.0 Å². The van der Waals surface area contributed by atoms with Crippen LogP contribution in [0.1, 0.15) is 46.0 Å². The van der Waals surface area contributed by atoms with E-state index in [-0.39, 0.29) is 27.3 Å². The van der Waals surface area contributed by atoms with Crippen LogP contribution in [-0.2, 0) is 10.0 Å². The van der Waals surface area contributed by atoms with E-state index in [2.05, 4.69) is 12.2 Å². The summed E-state index contributed by atoms with van der Waals surface area (Å²) in [5.41, 5.74) is 0.0230. The van der Waals surface area contributed by atoms with Crippen LogP contribution >= 0.6 is 0 Å². The standard InChI is InChI=1S/C21H21N3O5S/c1-14-7-9-24(10-8-14)30(28,29)17-4-2-3-16(12-17)20(25)23-19-6-5-15(13-22)11-18(19)21(26)27/h2-6,11-12,14H,7-10H2,1H3,(H,23,25)(H,26,27). The summed E-state index contributed by atoms with van der Waals surface area (Å²) in [6.07, 6.45) is 1.58. The molecule has 1 fully saturated rings. The lowest BCUT2D eigenvalue weighted by atomic mass is 10.0. The summed E-state index contributed by atoms with van der Waals surface area (Å²) in [7, 11) is -3.72. The third kappa shape index (κ3) is 4.50. The van der Waals surface area contributed by atoms with Gasteiger partial charge in [0, 0.05) is 18.7 Å². The Morgan fingerprint density at radius 1 is 1.17 bits per heavy atom. The molecule has 3 rings (SSSR count). The number of nitriles is 1. The van der Waals surface area contributed by atoms with Crippen molar-refractivity contribution in [2.24, 2.45) is 5.92 Å². The van der Waals surface area contributed by atoms with E-state index in [1.807, 2.05) is 6.07 Å². The number of anilines is 1. The molecule has 30 heavy (non-hydrogen) atoms. The molecule has 9 heteroatoms. The first-order valence-corrected chi connectivity index (χ1v) is 10.9. The van der Waals surface area contributed by atoms with E-state index in [0.717, 1.165) is 18.9 Å². The van der Waals surface area contributed by atoms with Gasteiger partial charge in [-0.15, -0.1) is 0 Å². The van der Waals surface area contributed by atoms with E-state index >= 15 is 0 Å². The molecular formula is C21H21N3O5S. The van der Waals surface area contributed by atoms with E-state index in [9.17, 15) is 23.1 Å². The summed E-state index contributed by atoms with van der Waals surface area (Å²) in [6.45, 7) is 2.96. The fourth-order valence-electron chi connectivity index (χ4n) is 3.27. The Balaban J connectivity index is 1.85. The molecule has 0 aliphatic carbocycles. The van der Waals surface area contributed by atoms with E-state index in [1.165, 1.54) is 40.7 Å². The number of hydrogen-bond donors (Lipinski definition) is 2. The minimum absolute atomic E-state index is 0.0167. The van der Waals surface area contributed by atoms with Gasteiger partial charge in [-0.05, 0) is 55.2 Å². The molecule has 0 unspecified atom stereocenters. The highest BCUT2D eigenvalue weighted by molar-refractivity contribution is 7.89. The van der Waals surface area contributed by atoms with Crippen molar-refractivity contribution in [3.63, 3.8) is 0 Å². The molecule has 0 spiro atoms. The van der Waals surface area contributed by atoms with Crippen LogP contribution in [0.4, 0.5) is 5.69 Å². The van der Waals surface area contributed by atoms with Gasteiger partial charge in [-0.2, -0.15) is 9.57 Å². The molecule has 0 saturated carbocycles. The van der Waals surface area contributed by atoms with Crippen molar-refractivity contribution in [1.82, 2.24) is 4.31 Å². The largest absolute Gasteiger partial charge is 0.478 e. The lowest BCUT2D eigenvalue weighted by molar-refractivity contribution is 0.0698. The third-order valence-electron chi connectivity index (χ3n) is 5.10. The molecule has 0 atom stereocenters. The quantitative estimate of drug-likeness (QED) is 0.755. The van der Waals surface area contributed by atoms with Gasteiger partial charge in [0.25, 0.3) is 5.91 Å². The van der Waals surface area contributed by atoms with Crippen LogP contribution in [0, 0.1) is 17.2 Å². The zero-order valence-electron chi connectivity index (χ0n) is 16.3. The second-order valence-corrected chi connectivity index (χ2v) is 9.18. The number of sulfonamides is 1. The van der Waals surface area contributed by atoms with E-state index in [1.54, 1.807) is 0 Å². The van der Waals surface area contributed by atoms with Crippen LogP contribution in [0.3, 0.4) is 0 Å². The number of carboxylic acid groups (broad SMARTS) is 1. The molecule has 2 aromatic carbocycles. The van der Waals surface area contributed by atoms with Gasteiger partial charge in [-0.25, -0.2) is 13.2 Å². The Kier molecular flexibility index (Phi) is 6.20. The second kappa shape index (κ2) is 8.65. The molecular weight excluding hydrogens is 406 g/mol. The van der Waals surface area contributed by atoms with Gasteiger partial charge in [0.05, 0.1) is 27.8 Å². The monoisotopic (exact) mass is 427 g/mol. The molecule has 2 N–H and O–H groups in total. The molecule has 0 aromatic heterocycles. The first kappa shape index (κ1) is 21.5. The van der Waals surface area contributed by atoms with Crippen molar-refractivity contribution in [3.8, 4) is 6.07 Å². The van der Waals surface area contributed by atoms with E-state index in [4.69, 9.17) is 5.26 Å². The predicted octanol–water partition coefficient (Wildman–Crippen LogP) is 2.93. The Morgan fingerprint density at radius 3 is 2.50 bits per heavy atom. The van der Waals surface area contributed by atoms with Gasteiger partial charge in [0.2, 0.25) is 10.0 Å². The summed E-state index contributed by atoms with van der Waals surface area (Å²) < 4.78 is 27.3. The molecule has 1 saturated heterocycles. The van der Waals surface area contributed by atoms with Crippen molar-refractivity contribution < 1.29 is 23.1 Å². The smallest absolute Gasteiger partial charge is 0.337 e. The number of piperidine rings is 1. The average Bonchev–Trinajstić information content (AvgIpc) is 2.74. The van der Waals surface area contributed by atoms with Crippen molar-refractivity contribution in [3.05, 3.63) is 59.2 Å². The Bertz CT molecular complexity index is 1130. The van der Waals surface area contributed by atoms with Crippen molar-refractivity contribution >= 4 is 27.6 Å². The van der Waals surface area contributed by atoms with Crippen molar-refractivity contribution in [2.75, 3.05) is 18.4 Å². The number of carbonyl (C=O) groups is 2. The summed E-state index contributed by atoms with van der Waals surface area (Å²) >= 11 is 0. The number of carboxylic acids is 1. The first-order valence-electron chi connectivity index (χ1n) is 9.41. The zero-order chi connectivity index (χ0) is 21.9. The Labute approximate surface area is 174 Å². The van der Waals surface area contributed by atoms with Crippen LogP contribution in [-0.4, -0.2) is 42.8 Å². The summed E-state index contributed by atoms with van der Waals surface area (Å²) in [6, 6.07) is 11.4. The van der Waals surface area contributed by atoms with Gasteiger partial charge in [0.15, 0.2) is 0 Å². The SMILES string of the molecule is CC1CCN(S(=O)(=O)c2cccc(C(=O)Nc3ccc(C#N)cc3C(=O)O)c2)CC1. The van der Waals surface area contributed by atoms with E-state index < -0.39 is 21.9 Å². The maximum atomic E-state index is 12.9. The number of rotatable bonds is 5. The fraction of sp³-hybridized carbons (Fsp3) is 0.286. The zero-order valence-corrected chi connectivity index (χ0v) is 17.1. The fourth-order valence-corrected chi connectivity index (χ4v) is 4.78. The number of hydrogen-bond acceptors (Lipinski definition) is 5. The number of amides is 1. The van der Waals surface area contributed by atoms with Crippen LogP contribution in [0.2, 0.25) is 0 Å². The number of nitrogens with zero attached hydrogens (tertiary/aromatic N) is 2. The second-order valence-electron chi connectivity index (χ2n) is 7.25. The topological polar surface area (TPSA) is 128 Å². The lowest BCUT2D eigenvalue weighted by Gasteiger charge is -2.29. The lowest BCUT2D eigenvalue weighted by Crippen LogP contribution is -2.37. The highest BCUT2D eigenvalue weighted by Crippen LogP contribution is 2.24. The summed E-state index contributed by atoms with van der Waals surface area (Å²) in [5.74, 6) is -1.46. The number of nitrogens with one attached hydrogen (secondary N) is 1. The maximum absolute atomic E-state index is 12.9. The molecule has 1 heterocycles. The molecule has 156 valence electrons.